The molecule has 8 rings (SSSR count). The van der Waals surface area contributed by atoms with E-state index in [1.165, 1.54) is 31.8 Å². The van der Waals surface area contributed by atoms with Crippen molar-refractivity contribution in [2.24, 2.45) is 0 Å². The molecule has 2 heterocycles. The maximum atomic E-state index is 8.89. The van der Waals surface area contributed by atoms with Gasteiger partial charge in [0.2, 0.25) is 13.6 Å². The van der Waals surface area contributed by atoms with Gasteiger partial charge in [-0.15, -0.1) is 0 Å². The summed E-state index contributed by atoms with van der Waals surface area (Å²) in [7, 11) is -1.94. The van der Waals surface area contributed by atoms with Crippen LogP contribution in [0.25, 0.3) is 11.1 Å². The molecule has 53 heavy (non-hydrogen) atoms. The van der Waals surface area contributed by atoms with Crippen molar-refractivity contribution in [3.63, 3.8) is 0 Å². The Hall–Kier alpha value is -5.06. The van der Waals surface area contributed by atoms with E-state index in [-0.39, 0.29) is 33.1 Å². The van der Waals surface area contributed by atoms with Crippen LogP contribution >= 0.6 is 15.8 Å². The molecule has 0 N–H and O–H groups in total. The van der Waals surface area contributed by atoms with E-state index in [9.17, 15) is 0 Å². The Labute approximate surface area is 323 Å². The molecule has 11 heteroatoms. The number of carboxylic acid groups (broad SMARTS) is 2. The number of ether oxygens (including phenoxy) is 4. The van der Waals surface area contributed by atoms with Gasteiger partial charge in [0.1, 0.15) is 0 Å². The minimum Gasteiger partial charge on any atom is -0.550 e. The van der Waals surface area contributed by atoms with Crippen LogP contribution in [-0.2, 0) is 29.1 Å². The van der Waals surface area contributed by atoms with Crippen molar-refractivity contribution in [3.8, 4) is 34.1 Å². The topological polar surface area (TPSA) is 117 Å². The Morgan fingerprint density at radius 1 is 0.453 bits per heavy atom. The molecule has 268 valence electrons. The molecular weight excluding hydrogens is 795 g/mol. The molecule has 8 nitrogen and oxygen atoms in total. The summed E-state index contributed by atoms with van der Waals surface area (Å²) in [4.78, 5) is 17.8. The Bertz CT molecular complexity index is 1890. The number of rotatable bonds is 7. The maximum absolute atomic E-state index is 8.89. The number of fused-ring (bicyclic) bond motifs is 2. The second-order valence-corrected chi connectivity index (χ2v) is 15.8. The average Bonchev–Trinajstić information content (AvgIpc) is 3.84. The normalized spacial score (nSPS) is 11.8. The summed E-state index contributed by atoms with van der Waals surface area (Å²) in [6.45, 7) is 2.29. The monoisotopic (exact) mass is 830 g/mol. The summed E-state index contributed by atoms with van der Waals surface area (Å²) in [5.41, 5.74) is 2.02. The average molecular weight is 830 g/mol. The molecule has 0 saturated heterocycles. The number of aliphatic carboxylic acids is 2. The predicted molar refractivity (Wildman–Crippen MR) is 203 cm³/mol. The van der Waals surface area contributed by atoms with Crippen molar-refractivity contribution in [2.45, 2.75) is 13.8 Å². The van der Waals surface area contributed by atoms with Crippen molar-refractivity contribution in [1.82, 2.24) is 0 Å². The number of hydrogen-bond acceptors (Lipinski definition) is 8. The van der Waals surface area contributed by atoms with Crippen LogP contribution in [0.4, 0.5) is 0 Å². The molecule has 0 fully saturated rings. The van der Waals surface area contributed by atoms with E-state index in [1.807, 2.05) is 0 Å². The van der Waals surface area contributed by atoms with E-state index in [1.54, 1.807) is 0 Å². The van der Waals surface area contributed by atoms with Crippen LogP contribution in [0, 0.1) is 0 Å². The largest absolute Gasteiger partial charge is 2.00 e. The zero-order valence-electron chi connectivity index (χ0n) is 28.8. The molecule has 0 bridgehead atoms. The van der Waals surface area contributed by atoms with Crippen LogP contribution in [0.5, 0.6) is 23.0 Å². The molecular formula is C42H34O8P2Ru. The first-order chi connectivity index (χ1) is 25.3. The van der Waals surface area contributed by atoms with Crippen molar-refractivity contribution in [1.29, 1.82) is 0 Å². The molecule has 0 radical (unpaired) electrons. The molecule has 0 atom stereocenters. The van der Waals surface area contributed by atoms with E-state index in [0.29, 0.717) is 0 Å². The van der Waals surface area contributed by atoms with Crippen LogP contribution in [0.15, 0.2) is 146 Å². The molecule has 2 aliphatic heterocycles. The smallest absolute Gasteiger partial charge is 0.550 e. The minimum atomic E-state index is -1.08. The molecule has 0 unspecified atom stereocenters. The fourth-order valence-corrected chi connectivity index (χ4v) is 10.9. The quantitative estimate of drug-likeness (QED) is 0.176. The van der Waals surface area contributed by atoms with Crippen LogP contribution in [0.1, 0.15) is 13.8 Å². The third-order valence-electron chi connectivity index (χ3n) is 7.82. The number of hydrogen-bond donors (Lipinski definition) is 0. The fourth-order valence-electron chi connectivity index (χ4n) is 5.94. The zero-order chi connectivity index (χ0) is 36.5. The summed E-state index contributed by atoms with van der Waals surface area (Å²) in [5, 5.41) is 25.2. The Morgan fingerprint density at radius 2 is 0.717 bits per heavy atom. The molecule has 6 aromatic carbocycles. The SMILES string of the molecule is CC(=O)[O-].CC(=O)[O-].[Ru+2].c1ccc(P(c2ccccc2)c2ccc3c(c2-c2c(P(c4ccccc4)c4ccccc4)ccc4c2OCO4)OCO3)cc1. The van der Waals surface area contributed by atoms with Crippen molar-refractivity contribution < 1.29 is 58.2 Å². The van der Waals surface area contributed by atoms with Gasteiger partial charge in [-0.3, -0.25) is 0 Å². The van der Waals surface area contributed by atoms with Gasteiger partial charge in [-0.25, -0.2) is 0 Å². The third-order valence-corrected chi connectivity index (χ3v) is 12.8. The van der Waals surface area contributed by atoms with E-state index < -0.39 is 27.8 Å². The van der Waals surface area contributed by atoms with Gasteiger partial charge >= 0.3 is 19.5 Å². The molecule has 2 aliphatic rings. The standard InChI is InChI=1S/C38H28O4P2.2C2H4O2.Ru/c1-5-13-27(14-6-1)43(28-15-7-2-8-16-28)33-23-21-31-37(41-25-39-31)35(33)36-34(24-22-32-38(36)42-26-40-32)44(29-17-9-3-10-18-29)30-19-11-4-12-20-30;2*1-2(3)4;/h1-24H,25-26H2;2*1H3,(H,3,4);/q;;;+2/p-2. The minimum absolute atomic E-state index is 0. The summed E-state index contributed by atoms with van der Waals surface area (Å²) < 4.78 is 24.7. The number of carbonyl (C=O) groups is 2. The van der Waals surface area contributed by atoms with E-state index in [2.05, 4.69) is 146 Å². The third kappa shape index (κ3) is 9.31. The Kier molecular flexibility index (Phi) is 13.8. The van der Waals surface area contributed by atoms with Gasteiger partial charge in [0, 0.05) is 23.1 Å². The number of carboxylic acids is 2. The summed E-state index contributed by atoms with van der Waals surface area (Å²) in [6, 6.07) is 51.6. The summed E-state index contributed by atoms with van der Waals surface area (Å²) >= 11 is 0. The first-order valence-corrected chi connectivity index (χ1v) is 19.0. The molecule has 0 saturated carbocycles. The molecule has 0 spiro atoms. The van der Waals surface area contributed by atoms with Crippen LogP contribution in [0.2, 0.25) is 0 Å². The van der Waals surface area contributed by atoms with Gasteiger partial charge in [-0.2, -0.15) is 0 Å². The van der Waals surface area contributed by atoms with E-state index in [0.717, 1.165) is 48.0 Å². The van der Waals surface area contributed by atoms with Gasteiger partial charge < -0.3 is 38.7 Å². The zero-order valence-corrected chi connectivity index (χ0v) is 32.3. The maximum Gasteiger partial charge on any atom is 2.00 e. The van der Waals surface area contributed by atoms with E-state index >= 15 is 0 Å². The molecule has 6 aromatic rings. The number of benzene rings is 6. The molecule has 0 aromatic heterocycles. The second-order valence-electron chi connectivity index (χ2n) is 11.4. The number of carbonyl (C=O) groups excluding carboxylic acids is 2. The second kappa shape index (κ2) is 18.6. The van der Waals surface area contributed by atoms with Crippen molar-refractivity contribution >= 4 is 59.6 Å². The van der Waals surface area contributed by atoms with Gasteiger partial charge in [0.05, 0.1) is 0 Å². The van der Waals surface area contributed by atoms with Crippen LogP contribution in [-0.4, -0.2) is 25.5 Å². The first kappa shape index (κ1) is 39.2. The summed E-state index contributed by atoms with van der Waals surface area (Å²) in [5.74, 6) is 0.822. The first-order valence-electron chi connectivity index (χ1n) is 16.3. The van der Waals surface area contributed by atoms with E-state index in [4.69, 9.17) is 38.7 Å². The fraction of sp³-hybridized carbons (Fsp3) is 0.0952. The van der Waals surface area contributed by atoms with Gasteiger partial charge in [0.15, 0.2) is 23.0 Å². The van der Waals surface area contributed by atoms with Gasteiger partial charge in [-0.1, -0.05) is 121 Å². The molecule has 0 aliphatic carbocycles. The van der Waals surface area contributed by atoms with Crippen LogP contribution in [0.3, 0.4) is 0 Å². The van der Waals surface area contributed by atoms with Gasteiger partial charge in [-0.05, 0) is 85.8 Å². The van der Waals surface area contributed by atoms with Crippen molar-refractivity contribution in [3.05, 3.63) is 146 Å². The van der Waals surface area contributed by atoms with Gasteiger partial charge in [0.25, 0.3) is 0 Å². The summed E-state index contributed by atoms with van der Waals surface area (Å²) in [6.07, 6.45) is 0. The van der Waals surface area contributed by atoms with Crippen molar-refractivity contribution in [2.75, 3.05) is 13.6 Å². The predicted octanol–water partition coefficient (Wildman–Crippen LogP) is 3.84. The Balaban J connectivity index is 0.000000550. The van der Waals surface area contributed by atoms with Crippen LogP contribution < -0.4 is 61.0 Å². The Morgan fingerprint density at radius 3 is 0.981 bits per heavy atom. The molecule has 0 amide bonds.